The Hall–Kier alpha value is -2.38. The summed E-state index contributed by atoms with van der Waals surface area (Å²) >= 11 is 0. The number of fused-ring (bicyclic) bond motifs is 1. The van der Waals surface area contributed by atoms with Crippen molar-refractivity contribution >= 4 is 17.5 Å². The highest BCUT2D eigenvalue weighted by Crippen LogP contribution is 2.35. The van der Waals surface area contributed by atoms with E-state index in [9.17, 15) is 14.7 Å². The number of aliphatic hydroxyl groups is 1. The molecule has 7 nitrogen and oxygen atoms in total. The van der Waals surface area contributed by atoms with Crippen molar-refractivity contribution in [1.82, 2.24) is 9.80 Å². The maximum absolute atomic E-state index is 12.6. The number of hydrogen-bond acceptors (Lipinski definition) is 6. The Morgan fingerprint density at radius 3 is 2.24 bits per heavy atom. The summed E-state index contributed by atoms with van der Waals surface area (Å²) in [7, 11) is 1.68. The smallest absolute Gasteiger partial charge is 0.233 e. The van der Waals surface area contributed by atoms with Crippen LogP contribution in [0.25, 0.3) is 0 Å². The Balaban J connectivity index is 1.29. The summed E-state index contributed by atoms with van der Waals surface area (Å²) in [6.45, 7) is 3.86. The largest absolute Gasteiger partial charge is 0.495 e. The average Bonchev–Trinajstić information content (AvgIpc) is 2.99. The van der Waals surface area contributed by atoms with Crippen LogP contribution in [0.3, 0.4) is 0 Å². The summed E-state index contributed by atoms with van der Waals surface area (Å²) in [5.41, 5.74) is 1.08. The van der Waals surface area contributed by atoms with E-state index in [2.05, 4.69) is 15.9 Å². The van der Waals surface area contributed by atoms with Crippen LogP contribution in [0.2, 0.25) is 0 Å². The second kappa shape index (κ2) is 8.55. The highest BCUT2D eigenvalue weighted by molar-refractivity contribution is 6.05. The molecule has 0 saturated carbocycles. The van der Waals surface area contributed by atoms with Gasteiger partial charge in [-0.25, -0.2) is 0 Å². The number of β-amino-alcohol motifs (C(OH)–C–C–N with tert-alkyl or cyclic N) is 1. The molecule has 156 valence electrons. The zero-order chi connectivity index (χ0) is 20.4. The number of piperazine rings is 1. The number of likely N-dealkylation sites (tertiary alicyclic amines) is 1. The predicted molar refractivity (Wildman–Crippen MR) is 110 cm³/mol. The number of ether oxygens (including phenoxy) is 1. The van der Waals surface area contributed by atoms with Crippen molar-refractivity contribution in [2.24, 2.45) is 11.8 Å². The van der Waals surface area contributed by atoms with Crippen LogP contribution < -0.4 is 9.64 Å². The fraction of sp³-hybridized carbons (Fsp3) is 0.545. The van der Waals surface area contributed by atoms with Gasteiger partial charge in [-0.05, 0) is 25.0 Å². The van der Waals surface area contributed by atoms with Gasteiger partial charge in [-0.1, -0.05) is 24.3 Å². The van der Waals surface area contributed by atoms with Gasteiger partial charge >= 0.3 is 0 Å². The molecule has 2 heterocycles. The van der Waals surface area contributed by atoms with Crippen LogP contribution in [-0.4, -0.2) is 79.2 Å². The third-order valence-electron chi connectivity index (χ3n) is 6.26. The maximum Gasteiger partial charge on any atom is 0.233 e. The van der Waals surface area contributed by atoms with Gasteiger partial charge < -0.3 is 14.7 Å². The number of hydrogen-bond donors (Lipinski definition) is 1. The number of amides is 2. The molecule has 4 rings (SSSR count). The standard InChI is InChI=1S/C22H29N3O4/c1-29-20-9-5-4-8-19(20)24-12-10-23(11-13-24)14-16(26)15-25-21(27)17-6-2-3-7-18(17)22(25)28/h2-5,8-9,16-18,26H,6-7,10-15H2,1H3. The number of allylic oxidation sites excluding steroid dienone is 2. The Morgan fingerprint density at radius 1 is 1.00 bits per heavy atom. The van der Waals surface area contributed by atoms with Crippen LogP contribution in [-0.2, 0) is 9.59 Å². The monoisotopic (exact) mass is 399 g/mol. The van der Waals surface area contributed by atoms with Crippen LogP contribution in [0.5, 0.6) is 5.75 Å². The van der Waals surface area contributed by atoms with E-state index in [0.717, 1.165) is 37.6 Å². The average molecular weight is 399 g/mol. The summed E-state index contributed by atoms with van der Waals surface area (Å²) < 4.78 is 5.46. The highest BCUT2D eigenvalue weighted by atomic mass is 16.5. The van der Waals surface area contributed by atoms with Crippen LogP contribution in [0.15, 0.2) is 36.4 Å². The van der Waals surface area contributed by atoms with Crippen LogP contribution in [0.4, 0.5) is 5.69 Å². The lowest BCUT2D eigenvalue weighted by Gasteiger charge is -2.37. The second-order valence-corrected chi connectivity index (χ2v) is 8.06. The van der Waals surface area contributed by atoms with Gasteiger partial charge in [-0.3, -0.25) is 19.4 Å². The van der Waals surface area contributed by atoms with E-state index in [1.54, 1.807) is 7.11 Å². The molecule has 1 aromatic carbocycles. The summed E-state index contributed by atoms with van der Waals surface area (Å²) in [6, 6.07) is 7.98. The summed E-state index contributed by atoms with van der Waals surface area (Å²) in [5, 5.41) is 10.6. The minimum atomic E-state index is -0.728. The van der Waals surface area contributed by atoms with Gasteiger partial charge in [0.15, 0.2) is 0 Å². The number of anilines is 1. The van der Waals surface area contributed by atoms with Crippen molar-refractivity contribution in [3.05, 3.63) is 36.4 Å². The zero-order valence-electron chi connectivity index (χ0n) is 16.9. The number of nitrogens with zero attached hydrogens (tertiary/aromatic N) is 3. The highest BCUT2D eigenvalue weighted by Gasteiger charge is 2.47. The van der Waals surface area contributed by atoms with E-state index in [1.807, 2.05) is 30.4 Å². The first-order valence-electron chi connectivity index (χ1n) is 10.4. The Morgan fingerprint density at radius 2 is 1.62 bits per heavy atom. The third-order valence-corrected chi connectivity index (χ3v) is 6.26. The molecule has 29 heavy (non-hydrogen) atoms. The Kier molecular flexibility index (Phi) is 5.87. The lowest BCUT2D eigenvalue weighted by molar-refractivity contribution is -0.141. The molecule has 0 aromatic heterocycles. The lowest BCUT2D eigenvalue weighted by Crippen LogP contribution is -2.50. The zero-order valence-corrected chi connectivity index (χ0v) is 16.9. The predicted octanol–water partition coefficient (Wildman–Crippen LogP) is 1.13. The number of rotatable bonds is 6. The van der Waals surface area contributed by atoms with E-state index in [4.69, 9.17) is 4.74 Å². The molecule has 2 fully saturated rings. The van der Waals surface area contributed by atoms with Crippen molar-refractivity contribution in [3.63, 3.8) is 0 Å². The normalized spacial score (nSPS) is 26.0. The van der Waals surface area contributed by atoms with Crippen molar-refractivity contribution in [2.45, 2.75) is 18.9 Å². The molecular weight excluding hydrogens is 370 g/mol. The molecule has 2 aliphatic heterocycles. The van der Waals surface area contributed by atoms with Crippen LogP contribution >= 0.6 is 0 Å². The molecule has 0 spiro atoms. The molecule has 1 N–H and O–H groups in total. The van der Waals surface area contributed by atoms with E-state index >= 15 is 0 Å². The van der Waals surface area contributed by atoms with Gasteiger partial charge in [0, 0.05) is 32.7 Å². The van der Waals surface area contributed by atoms with Gasteiger partial charge in [-0.15, -0.1) is 0 Å². The minimum Gasteiger partial charge on any atom is -0.495 e. The fourth-order valence-corrected chi connectivity index (χ4v) is 4.68. The molecule has 0 bridgehead atoms. The molecule has 0 radical (unpaired) electrons. The molecule has 7 heteroatoms. The summed E-state index contributed by atoms with van der Waals surface area (Å²) in [6.07, 6.45) is 4.49. The number of benzene rings is 1. The number of methoxy groups -OCH3 is 1. The van der Waals surface area contributed by atoms with Gasteiger partial charge in [0.05, 0.1) is 37.3 Å². The molecule has 2 saturated heterocycles. The third kappa shape index (κ3) is 4.02. The van der Waals surface area contributed by atoms with Crippen molar-refractivity contribution in [2.75, 3.05) is 51.3 Å². The van der Waals surface area contributed by atoms with E-state index in [-0.39, 0.29) is 30.2 Å². The number of aliphatic hydroxyl groups excluding tert-OH is 1. The maximum atomic E-state index is 12.6. The van der Waals surface area contributed by atoms with Gasteiger partial charge in [0.2, 0.25) is 11.8 Å². The molecule has 1 aromatic rings. The molecule has 3 aliphatic rings. The summed E-state index contributed by atoms with van der Waals surface area (Å²) in [5.74, 6) is 0.157. The van der Waals surface area contributed by atoms with E-state index in [0.29, 0.717) is 19.4 Å². The number of carbonyl (C=O) groups excluding carboxylic acids is 2. The van der Waals surface area contributed by atoms with Gasteiger partial charge in [0.25, 0.3) is 0 Å². The van der Waals surface area contributed by atoms with Crippen LogP contribution in [0, 0.1) is 11.8 Å². The van der Waals surface area contributed by atoms with Crippen molar-refractivity contribution in [1.29, 1.82) is 0 Å². The topological polar surface area (TPSA) is 73.3 Å². The first kappa shape index (κ1) is 19.9. The second-order valence-electron chi connectivity index (χ2n) is 8.06. The number of para-hydroxylation sites is 2. The summed E-state index contributed by atoms with van der Waals surface area (Å²) in [4.78, 5) is 30.9. The molecule has 1 aliphatic carbocycles. The lowest BCUT2D eigenvalue weighted by atomic mass is 9.85. The molecule has 3 atom stereocenters. The van der Waals surface area contributed by atoms with E-state index < -0.39 is 6.10 Å². The number of carbonyl (C=O) groups is 2. The van der Waals surface area contributed by atoms with Crippen molar-refractivity contribution < 1.29 is 19.4 Å². The first-order valence-corrected chi connectivity index (χ1v) is 10.4. The quantitative estimate of drug-likeness (QED) is 0.571. The van der Waals surface area contributed by atoms with Gasteiger partial charge in [0.1, 0.15) is 5.75 Å². The Bertz CT molecular complexity index is 762. The SMILES string of the molecule is COc1ccccc1N1CCN(CC(O)CN2C(=O)C3CC=CCC3C2=O)CC1. The van der Waals surface area contributed by atoms with Crippen LogP contribution in [0.1, 0.15) is 12.8 Å². The molecule has 3 unspecified atom stereocenters. The first-order chi connectivity index (χ1) is 14.1. The van der Waals surface area contributed by atoms with Crippen molar-refractivity contribution in [3.8, 4) is 5.75 Å². The minimum absolute atomic E-state index is 0.0946. The molecule has 2 amide bonds. The van der Waals surface area contributed by atoms with Gasteiger partial charge in [-0.2, -0.15) is 0 Å². The van der Waals surface area contributed by atoms with E-state index in [1.165, 1.54) is 4.90 Å². The Labute approximate surface area is 171 Å². The molecular formula is C22H29N3O4. The fourth-order valence-electron chi connectivity index (χ4n) is 4.68. The number of imide groups is 1.